The van der Waals surface area contributed by atoms with Crippen LogP contribution in [0.5, 0.6) is 0 Å². The van der Waals surface area contributed by atoms with Crippen LogP contribution in [0.2, 0.25) is 0 Å². The Morgan fingerprint density at radius 3 is 1.67 bits per heavy atom. The van der Waals surface area contributed by atoms with E-state index in [1.165, 1.54) is 66.4 Å². The van der Waals surface area contributed by atoms with Gasteiger partial charge in [0.25, 0.3) is 0 Å². The second-order valence-electron chi connectivity index (χ2n) is 8.39. The van der Waals surface area contributed by atoms with Gasteiger partial charge in [0.05, 0.1) is 0 Å². The van der Waals surface area contributed by atoms with Crippen molar-refractivity contribution in [3.05, 3.63) is 108 Å². The fourth-order valence-corrected chi connectivity index (χ4v) is 4.79. The van der Waals surface area contributed by atoms with Crippen LogP contribution in [0.25, 0.3) is 55.3 Å². The highest BCUT2D eigenvalue weighted by Crippen LogP contribution is 2.52. The summed E-state index contributed by atoms with van der Waals surface area (Å²) >= 11 is 0. The van der Waals surface area contributed by atoms with Crippen LogP contribution in [0, 0.1) is 13.8 Å². The predicted molar refractivity (Wildman–Crippen MR) is 129 cm³/mol. The largest absolute Gasteiger partial charge is 0.0610 e. The maximum Gasteiger partial charge on any atom is -0.00197 e. The topological polar surface area (TPSA) is 0 Å². The molecule has 5 aromatic carbocycles. The van der Waals surface area contributed by atoms with Crippen molar-refractivity contribution in [3.63, 3.8) is 0 Å². The van der Waals surface area contributed by atoms with E-state index in [1.54, 1.807) is 0 Å². The Morgan fingerprint density at radius 1 is 0.433 bits per heavy atom. The minimum absolute atomic E-state index is 1.26. The van der Waals surface area contributed by atoms with Gasteiger partial charge in [0.1, 0.15) is 0 Å². The monoisotopic (exact) mass is 382 g/mol. The van der Waals surface area contributed by atoms with Gasteiger partial charge < -0.3 is 0 Å². The molecular formula is C30H22. The molecule has 0 heteroatoms. The molecule has 0 amide bonds. The molecule has 1 aliphatic rings. The van der Waals surface area contributed by atoms with Gasteiger partial charge in [-0.25, -0.2) is 0 Å². The first kappa shape index (κ1) is 17.2. The second kappa shape index (κ2) is 6.43. The highest BCUT2D eigenvalue weighted by atomic mass is 14.3. The molecule has 0 fully saturated rings. The SMILES string of the molecule is Cc1ccc(-c2cc(-c3ccc(C)cc3)c3c(c2)-c2cccc4cccc-3c24)cc1. The summed E-state index contributed by atoms with van der Waals surface area (Å²) in [6.07, 6.45) is 0. The van der Waals surface area contributed by atoms with Crippen LogP contribution in [0.3, 0.4) is 0 Å². The standard InChI is InChI=1S/C30H22/c1-19-9-13-21(14-10-19)24-17-27(22-15-11-20(2)12-16-22)30-26-8-4-6-23-5-3-7-25(29(23)26)28(30)18-24/h3-18H,1-2H3. The molecule has 0 N–H and O–H groups in total. The van der Waals surface area contributed by atoms with Crippen molar-refractivity contribution in [2.45, 2.75) is 13.8 Å². The van der Waals surface area contributed by atoms with E-state index < -0.39 is 0 Å². The molecule has 0 bridgehead atoms. The van der Waals surface area contributed by atoms with Gasteiger partial charge in [0, 0.05) is 0 Å². The van der Waals surface area contributed by atoms with E-state index in [1.807, 2.05) is 0 Å². The first-order valence-corrected chi connectivity index (χ1v) is 10.5. The normalized spacial score (nSPS) is 11.7. The fourth-order valence-electron chi connectivity index (χ4n) is 4.79. The smallest absolute Gasteiger partial charge is 0.00197 e. The third kappa shape index (κ3) is 2.54. The first-order chi connectivity index (χ1) is 14.7. The zero-order valence-electron chi connectivity index (χ0n) is 17.2. The maximum absolute atomic E-state index is 2.38. The van der Waals surface area contributed by atoms with Crippen molar-refractivity contribution in [2.24, 2.45) is 0 Å². The summed E-state index contributed by atoms with van der Waals surface area (Å²) in [7, 11) is 0. The lowest BCUT2D eigenvalue weighted by molar-refractivity contribution is 1.46. The molecule has 0 saturated carbocycles. The Labute approximate surface area is 177 Å². The average Bonchev–Trinajstić information content (AvgIpc) is 3.10. The van der Waals surface area contributed by atoms with Crippen molar-refractivity contribution in [2.75, 3.05) is 0 Å². The summed E-state index contributed by atoms with van der Waals surface area (Å²) in [5, 5.41) is 2.69. The number of benzene rings is 5. The molecule has 0 aromatic heterocycles. The summed E-state index contributed by atoms with van der Waals surface area (Å²) in [6, 6.07) is 35.9. The third-order valence-corrected chi connectivity index (χ3v) is 6.35. The molecule has 6 rings (SSSR count). The first-order valence-electron chi connectivity index (χ1n) is 10.5. The van der Waals surface area contributed by atoms with E-state index in [4.69, 9.17) is 0 Å². The fraction of sp³-hybridized carbons (Fsp3) is 0.0667. The summed E-state index contributed by atoms with van der Waals surface area (Å²) in [5.74, 6) is 0. The lowest BCUT2D eigenvalue weighted by atomic mass is 9.89. The van der Waals surface area contributed by atoms with Crippen LogP contribution < -0.4 is 0 Å². The molecule has 5 aromatic rings. The predicted octanol–water partition coefficient (Wildman–Crippen LogP) is 8.44. The van der Waals surface area contributed by atoms with Crippen molar-refractivity contribution in [1.29, 1.82) is 0 Å². The van der Waals surface area contributed by atoms with Gasteiger partial charge in [0.2, 0.25) is 0 Å². The summed E-state index contributed by atoms with van der Waals surface area (Å²) in [6.45, 7) is 4.29. The van der Waals surface area contributed by atoms with Crippen LogP contribution in [-0.4, -0.2) is 0 Å². The van der Waals surface area contributed by atoms with Gasteiger partial charge >= 0.3 is 0 Å². The molecule has 0 saturated heterocycles. The quantitative estimate of drug-likeness (QED) is 0.282. The molecule has 0 radical (unpaired) electrons. The van der Waals surface area contributed by atoms with Crippen LogP contribution in [0.1, 0.15) is 11.1 Å². The van der Waals surface area contributed by atoms with E-state index in [0.717, 1.165) is 0 Å². The zero-order chi connectivity index (χ0) is 20.2. The Morgan fingerprint density at radius 2 is 1.00 bits per heavy atom. The number of rotatable bonds is 2. The van der Waals surface area contributed by atoms with E-state index in [-0.39, 0.29) is 0 Å². The molecule has 0 unspecified atom stereocenters. The van der Waals surface area contributed by atoms with E-state index in [0.29, 0.717) is 0 Å². The molecule has 0 nitrogen and oxygen atoms in total. The highest BCUT2D eigenvalue weighted by molar-refractivity contribution is 6.18. The molecule has 30 heavy (non-hydrogen) atoms. The molecule has 142 valence electrons. The highest BCUT2D eigenvalue weighted by Gasteiger charge is 2.25. The Hall–Kier alpha value is -3.64. The summed E-state index contributed by atoms with van der Waals surface area (Å²) < 4.78 is 0. The van der Waals surface area contributed by atoms with Crippen molar-refractivity contribution < 1.29 is 0 Å². The third-order valence-electron chi connectivity index (χ3n) is 6.35. The average molecular weight is 383 g/mol. The summed E-state index contributed by atoms with van der Waals surface area (Å²) in [4.78, 5) is 0. The van der Waals surface area contributed by atoms with Gasteiger partial charge in [-0.3, -0.25) is 0 Å². The van der Waals surface area contributed by atoms with Crippen LogP contribution >= 0.6 is 0 Å². The second-order valence-corrected chi connectivity index (χ2v) is 8.39. The van der Waals surface area contributed by atoms with Gasteiger partial charge in [-0.05, 0) is 81.3 Å². The van der Waals surface area contributed by atoms with E-state index in [9.17, 15) is 0 Å². The van der Waals surface area contributed by atoms with E-state index in [2.05, 4.69) is 111 Å². The van der Waals surface area contributed by atoms with Crippen LogP contribution in [-0.2, 0) is 0 Å². The van der Waals surface area contributed by atoms with Gasteiger partial charge in [-0.2, -0.15) is 0 Å². The lowest BCUT2D eigenvalue weighted by Crippen LogP contribution is -1.89. The Balaban J connectivity index is 1.71. The molecule has 0 aliphatic heterocycles. The molecular weight excluding hydrogens is 360 g/mol. The van der Waals surface area contributed by atoms with Crippen molar-refractivity contribution in [1.82, 2.24) is 0 Å². The molecule has 0 heterocycles. The van der Waals surface area contributed by atoms with Gasteiger partial charge in [-0.1, -0.05) is 96.1 Å². The lowest BCUT2D eigenvalue weighted by Gasteiger charge is -2.15. The minimum atomic E-state index is 1.26. The Bertz CT molecular complexity index is 1410. The van der Waals surface area contributed by atoms with E-state index >= 15 is 0 Å². The Kier molecular flexibility index (Phi) is 3.70. The minimum Gasteiger partial charge on any atom is -0.0610 e. The van der Waals surface area contributed by atoms with Crippen molar-refractivity contribution in [3.8, 4) is 44.5 Å². The number of hydrogen-bond acceptors (Lipinski definition) is 0. The van der Waals surface area contributed by atoms with Crippen LogP contribution in [0.4, 0.5) is 0 Å². The van der Waals surface area contributed by atoms with Gasteiger partial charge in [-0.15, -0.1) is 0 Å². The van der Waals surface area contributed by atoms with Crippen molar-refractivity contribution >= 4 is 10.8 Å². The summed E-state index contributed by atoms with van der Waals surface area (Å²) in [5.41, 5.74) is 13.1. The number of hydrogen-bond donors (Lipinski definition) is 0. The maximum atomic E-state index is 2.38. The molecule has 1 aliphatic carbocycles. The molecule has 0 atom stereocenters. The molecule has 0 spiro atoms. The van der Waals surface area contributed by atoms with Gasteiger partial charge in [0.15, 0.2) is 0 Å². The number of aryl methyl sites for hydroxylation is 2. The zero-order valence-corrected chi connectivity index (χ0v) is 17.2. The van der Waals surface area contributed by atoms with Crippen LogP contribution in [0.15, 0.2) is 97.1 Å². The number of fused-ring (bicyclic) bond motifs is 3.